The van der Waals surface area contributed by atoms with Gasteiger partial charge < -0.3 is 4.90 Å². The number of hydrogen-bond acceptors (Lipinski definition) is 2. The molecule has 102 valence electrons. The molecule has 1 amide bonds. The van der Waals surface area contributed by atoms with Crippen molar-refractivity contribution in [1.82, 2.24) is 4.90 Å². The van der Waals surface area contributed by atoms with Gasteiger partial charge in [-0.25, -0.2) is 0 Å². The zero-order chi connectivity index (χ0) is 13.8. The van der Waals surface area contributed by atoms with Crippen LogP contribution in [0.15, 0.2) is 18.2 Å². The first kappa shape index (κ1) is 13.8. The number of Topliss-reactive ketones (excluding diaryl/α,β-unsaturated/α-hetero) is 1. The molecule has 1 aliphatic heterocycles. The number of carbonyl (C=O) groups is 2. The molecular formula is C16H21NO2. The van der Waals surface area contributed by atoms with Gasteiger partial charge in [-0.1, -0.05) is 30.5 Å². The van der Waals surface area contributed by atoms with Crippen LogP contribution >= 0.6 is 0 Å². The molecule has 2 rings (SSSR count). The molecule has 1 fully saturated rings. The Kier molecular flexibility index (Phi) is 4.35. The van der Waals surface area contributed by atoms with E-state index < -0.39 is 0 Å². The highest BCUT2D eigenvalue weighted by atomic mass is 16.2. The smallest absolute Gasteiger partial charge is 0.294 e. The maximum Gasteiger partial charge on any atom is 0.294 e. The van der Waals surface area contributed by atoms with Gasteiger partial charge >= 0.3 is 0 Å². The lowest BCUT2D eigenvalue weighted by atomic mass is 10.0. The summed E-state index contributed by atoms with van der Waals surface area (Å²) in [6, 6.07) is 5.67. The van der Waals surface area contributed by atoms with Crippen molar-refractivity contribution in [3.05, 3.63) is 34.9 Å². The predicted molar refractivity (Wildman–Crippen MR) is 75.3 cm³/mol. The van der Waals surface area contributed by atoms with Crippen molar-refractivity contribution < 1.29 is 9.59 Å². The van der Waals surface area contributed by atoms with Crippen LogP contribution in [0.3, 0.4) is 0 Å². The third kappa shape index (κ3) is 3.22. The number of amides is 1. The van der Waals surface area contributed by atoms with Gasteiger partial charge in [0.05, 0.1) is 0 Å². The molecule has 0 radical (unpaired) electrons. The summed E-state index contributed by atoms with van der Waals surface area (Å²) in [6.07, 6.45) is 4.32. The second-order valence-electron chi connectivity index (χ2n) is 5.35. The van der Waals surface area contributed by atoms with Crippen LogP contribution in [0.25, 0.3) is 0 Å². The molecular weight excluding hydrogens is 238 g/mol. The molecule has 0 spiro atoms. The van der Waals surface area contributed by atoms with Crippen LogP contribution < -0.4 is 0 Å². The maximum absolute atomic E-state index is 12.3. The highest BCUT2D eigenvalue weighted by Crippen LogP contribution is 2.15. The van der Waals surface area contributed by atoms with Crippen molar-refractivity contribution >= 4 is 11.7 Å². The van der Waals surface area contributed by atoms with E-state index >= 15 is 0 Å². The fourth-order valence-electron chi connectivity index (χ4n) is 2.51. The Balaban J connectivity index is 2.18. The second-order valence-corrected chi connectivity index (χ2v) is 5.35. The van der Waals surface area contributed by atoms with Crippen LogP contribution in [0.2, 0.25) is 0 Å². The van der Waals surface area contributed by atoms with Gasteiger partial charge in [-0.2, -0.15) is 0 Å². The van der Waals surface area contributed by atoms with Crippen LogP contribution in [-0.4, -0.2) is 29.7 Å². The quantitative estimate of drug-likeness (QED) is 0.605. The van der Waals surface area contributed by atoms with Gasteiger partial charge in [0.2, 0.25) is 0 Å². The lowest BCUT2D eigenvalue weighted by Gasteiger charge is -2.19. The Bertz CT molecular complexity index is 486. The zero-order valence-corrected chi connectivity index (χ0v) is 11.7. The van der Waals surface area contributed by atoms with E-state index in [1.165, 1.54) is 0 Å². The topological polar surface area (TPSA) is 37.4 Å². The Morgan fingerprint density at radius 1 is 1.00 bits per heavy atom. The van der Waals surface area contributed by atoms with E-state index in [4.69, 9.17) is 0 Å². The standard InChI is InChI=1S/C16H21NO2/c1-12-7-8-13(2)14(11-12)15(18)16(19)17-9-5-3-4-6-10-17/h7-8,11H,3-6,9-10H2,1-2H3. The Labute approximate surface area is 114 Å². The van der Waals surface area contributed by atoms with Gasteiger partial charge in [-0.3, -0.25) is 9.59 Å². The summed E-state index contributed by atoms with van der Waals surface area (Å²) in [5.41, 5.74) is 2.44. The number of likely N-dealkylation sites (tertiary alicyclic amines) is 1. The van der Waals surface area contributed by atoms with Gasteiger partial charge in [0.15, 0.2) is 0 Å². The fraction of sp³-hybridized carbons (Fsp3) is 0.500. The number of ketones is 1. The molecule has 1 aromatic rings. The molecule has 19 heavy (non-hydrogen) atoms. The van der Waals surface area contributed by atoms with E-state index in [1.54, 1.807) is 4.90 Å². The number of rotatable bonds is 2. The molecule has 0 N–H and O–H groups in total. The zero-order valence-electron chi connectivity index (χ0n) is 11.7. The largest absolute Gasteiger partial charge is 0.336 e. The molecule has 0 atom stereocenters. The summed E-state index contributed by atoms with van der Waals surface area (Å²) in [7, 11) is 0. The molecule has 0 aromatic heterocycles. The molecule has 1 aliphatic rings. The summed E-state index contributed by atoms with van der Waals surface area (Å²) in [6.45, 7) is 5.25. The van der Waals surface area contributed by atoms with Crippen molar-refractivity contribution in [2.75, 3.05) is 13.1 Å². The minimum absolute atomic E-state index is 0.337. The van der Waals surface area contributed by atoms with Gasteiger partial charge in [0.1, 0.15) is 0 Å². The first-order valence-corrected chi connectivity index (χ1v) is 7.00. The molecule has 3 nitrogen and oxygen atoms in total. The van der Waals surface area contributed by atoms with Crippen LogP contribution in [0.1, 0.15) is 47.2 Å². The average Bonchev–Trinajstić information content (AvgIpc) is 2.69. The highest BCUT2D eigenvalue weighted by molar-refractivity contribution is 6.43. The van der Waals surface area contributed by atoms with Gasteiger partial charge in [-0.15, -0.1) is 0 Å². The Morgan fingerprint density at radius 2 is 1.63 bits per heavy atom. The minimum atomic E-state index is -0.358. The summed E-state index contributed by atoms with van der Waals surface area (Å²) in [5, 5.41) is 0. The van der Waals surface area contributed by atoms with Gasteiger partial charge in [-0.05, 0) is 38.3 Å². The molecule has 1 heterocycles. The first-order chi connectivity index (χ1) is 9.09. The van der Waals surface area contributed by atoms with E-state index in [0.29, 0.717) is 5.56 Å². The van der Waals surface area contributed by atoms with Crippen LogP contribution in [-0.2, 0) is 4.79 Å². The van der Waals surface area contributed by atoms with Crippen LogP contribution in [0.5, 0.6) is 0 Å². The van der Waals surface area contributed by atoms with Crippen molar-refractivity contribution in [2.45, 2.75) is 39.5 Å². The van der Waals surface area contributed by atoms with E-state index in [9.17, 15) is 9.59 Å². The molecule has 0 saturated carbocycles. The third-order valence-corrected chi connectivity index (χ3v) is 3.73. The van der Waals surface area contributed by atoms with E-state index in [2.05, 4.69) is 0 Å². The van der Waals surface area contributed by atoms with Gasteiger partial charge in [0, 0.05) is 18.7 Å². The number of carbonyl (C=O) groups excluding carboxylic acids is 2. The van der Waals surface area contributed by atoms with Crippen molar-refractivity contribution in [1.29, 1.82) is 0 Å². The van der Waals surface area contributed by atoms with E-state index in [0.717, 1.165) is 49.9 Å². The van der Waals surface area contributed by atoms with Crippen molar-refractivity contribution in [3.63, 3.8) is 0 Å². The lowest BCUT2D eigenvalue weighted by Crippen LogP contribution is -2.37. The summed E-state index contributed by atoms with van der Waals surface area (Å²) in [5.74, 6) is -0.696. The van der Waals surface area contributed by atoms with Gasteiger partial charge in [0.25, 0.3) is 11.7 Å². The fourth-order valence-corrected chi connectivity index (χ4v) is 2.51. The number of aryl methyl sites for hydroxylation is 2. The molecule has 0 aliphatic carbocycles. The summed E-state index contributed by atoms with van der Waals surface area (Å²) in [4.78, 5) is 26.3. The number of benzene rings is 1. The third-order valence-electron chi connectivity index (χ3n) is 3.73. The molecule has 1 saturated heterocycles. The molecule has 0 bridgehead atoms. The lowest BCUT2D eigenvalue weighted by molar-refractivity contribution is -0.126. The summed E-state index contributed by atoms with van der Waals surface area (Å²) >= 11 is 0. The SMILES string of the molecule is Cc1ccc(C)c(C(=O)C(=O)N2CCCCCC2)c1. The van der Waals surface area contributed by atoms with Crippen LogP contribution in [0.4, 0.5) is 0 Å². The number of hydrogen-bond donors (Lipinski definition) is 0. The van der Waals surface area contributed by atoms with E-state index in [1.807, 2.05) is 32.0 Å². The van der Waals surface area contributed by atoms with E-state index in [-0.39, 0.29) is 11.7 Å². The van der Waals surface area contributed by atoms with Crippen molar-refractivity contribution in [3.8, 4) is 0 Å². The number of nitrogens with zero attached hydrogens (tertiary/aromatic N) is 1. The Hall–Kier alpha value is -1.64. The average molecular weight is 259 g/mol. The van der Waals surface area contributed by atoms with Crippen molar-refractivity contribution in [2.24, 2.45) is 0 Å². The molecule has 0 unspecified atom stereocenters. The predicted octanol–water partition coefficient (Wildman–Crippen LogP) is 2.89. The highest BCUT2D eigenvalue weighted by Gasteiger charge is 2.24. The summed E-state index contributed by atoms with van der Waals surface area (Å²) < 4.78 is 0. The molecule has 1 aromatic carbocycles. The Morgan fingerprint density at radius 3 is 2.26 bits per heavy atom. The monoisotopic (exact) mass is 259 g/mol. The van der Waals surface area contributed by atoms with Crippen LogP contribution in [0, 0.1) is 13.8 Å². The molecule has 3 heteroatoms. The normalized spacial score (nSPS) is 16.0. The maximum atomic E-state index is 12.3. The minimum Gasteiger partial charge on any atom is -0.336 e. The second kappa shape index (κ2) is 6.00. The first-order valence-electron chi connectivity index (χ1n) is 7.00.